The molecule has 1 atom stereocenters. The number of aromatic nitrogens is 1. The number of anilines is 1. The molecule has 2 aromatic rings. The van der Waals surface area contributed by atoms with Crippen LogP contribution < -0.4 is 20.3 Å². The minimum absolute atomic E-state index is 0. The molecule has 9 heteroatoms. The summed E-state index contributed by atoms with van der Waals surface area (Å²) in [6.45, 7) is 3.48. The number of nitrogens with one attached hydrogen (secondary N) is 2. The van der Waals surface area contributed by atoms with Crippen LogP contribution in [0.5, 0.6) is 5.75 Å². The van der Waals surface area contributed by atoms with Crippen LogP contribution in [0.1, 0.15) is 12.1 Å². The first-order valence-corrected chi connectivity index (χ1v) is 10.1. The summed E-state index contributed by atoms with van der Waals surface area (Å²) in [5, 5.41) is 7.85. The monoisotopic (exact) mass is 551 g/mol. The lowest BCUT2D eigenvalue weighted by Gasteiger charge is -2.21. The molecule has 6 nitrogen and oxygen atoms in total. The maximum Gasteiger partial charge on any atom is 0.191 e. The van der Waals surface area contributed by atoms with Crippen molar-refractivity contribution in [2.45, 2.75) is 13.0 Å². The molecule has 1 fully saturated rings. The van der Waals surface area contributed by atoms with Gasteiger partial charge in [-0.3, -0.25) is 4.99 Å². The summed E-state index contributed by atoms with van der Waals surface area (Å²) in [6.07, 6.45) is 1.13. The van der Waals surface area contributed by atoms with Gasteiger partial charge in [0, 0.05) is 39.4 Å². The molecule has 1 aromatic carbocycles. The normalized spacial score (nSPS) is 16.5. The van der Waals surface area contributed by atoms with Gasteiger partial charge in [-0.25, -0.2) is 0 Å². The molecule has 0 bridgehead atoms. The van der Waals surface area contributed by atoms with E-state index in [-0.39, 0.29) is 24.0 Å². The molecule has 0 amide bonds. The molecule has 2 heterocycles. The van der Waals surface area contributed by atoms with E-state index < -0.39 is 0 Å². The van der Waals surface area contributed by atoms with Gasteiger partial charge in [0.15, 0.2) is 5.96 Å². The molecule has 1 aliphatic rings. The van der Waals surface area contributed by atoms with E-state index in [1.165, 1.54) is 0 Å². The van der Waals surface area contributed by atoms with Crippen LogP contribution in [0.4, 0.5) is 5.69 Å². The number of hydrogen-bond acceptors (Lipinski definition) is 3. The van der Waals surface area contributed by atoms with Gasteiger partial charge < -0.3 is 24.8 Å². The minimum Gasteiger partial charge on any atom is -0.495 e. The lowest BCUT2D eigenvalue weighted by Crippen LogP contribution is -2.40. The number of ether oxygens (including phenoxy) is 1. The highest BCUT2D eigenvalue weighted by Gasteiger charge is 2.24. The predicted molar refractivity (Wildman–Crippen MR) is 132 cm³/mol. The summed E-state index contributed by atoms with van der Waals surface area (Å²) in [4.78, 5) is 6.70. The third-order valence-corrected chi connectivity index (χ3v) is 5.99. The molecule has 1 saturated heterocycles. The zero-order valence-electron chi connectivity index (χ0n) is 16.9. The van der Waals surface area contributed by atoms with E-state index in [1.807, 2.05) is 29.8 Å². The lowest BCUT2D eigenvalue weighted by atomic mass is 10.1. The fourth-order valence-electron chi connectivity index (χ4n) is 3.50. The van der Waals surface area contributed by atoms with E-state index in [4.69, 9.17) is 27.9 Å². The number of para-hydroxylation sites is 2. The topological polar surface area (TPSA) is 53.8 Å². The first kappa shape index (κ1) is 24.0. The van der Waals surface area contributed by atoms with Crippen molar-refractivity contribution < 1.29 is 4.74 Å². The highest BCUT2D eigenvalue weighted by atomic mass is 127. The molecule has 0 radical (unpaired) electrons. The van der Waals surface area contributed by atoms with Crippen molar-refractivity contribution in [1.29, 1.82) is 0 Å². The second-order valence-corrected chi connectivity index (χ2v) is 7.68. The molecule has 160 valence electrons. The average Bonchev–Trinajstić information content (AvgIpc) is 3.28. The molecular weight excluding hydrogens is 524 g/mol. The van der Waals surface area contributed by atoms with E-state index in [9.17, 15) is 0 Å². The predicted octanol–water partition coefficient (Wildman–Crippen LogP) is 4.15. The molecule has 1 aliphatic heterocycles. The summed E-state index contributed by atoms with van der Waals surface area (Å²) in [5.74, 6) is 2.24. The largest absolute Gasteiger partial charge is 0.495 e. The summed E-state index contributed by atoms with van der Waals surface area (Å²) >= 11 is 12.2. The Labute approximate surface area is 199 Å². The summed E-state index contributed by atoms with van der Waals surface area (Å²) in [7, 11) is 5.39. The van der Waals surface area contributed by atoms with Crippen LogP contribution in [0.25, 0.3) is 0 Å². The Morgan fingerprint density at radius 2 is 2.03 bits per heavy atom. The van der Waals surface area contributed by atoms with Crippen molar-refractivity contribution in [3.63, 3.8) is 0 Å². The van der Waals surface area contributed by atoms with Gasteiger partial charge in [0.2, 0.25) is 0 Å². The molecule has 29 heavy (non-hydrogen) atoms. The number of halogens is 3. The first-order valence-electron chi connectivity index (χ1n) is 9.35. The second kappa shape index (κ2) is 11.2. The van der Waals surface area contributed by atoms with Gasteiger partial charge in [-0.05, 0) is 30.5 Å². The fourth-order valence-corrected chi connectivity index (χ4v) is 3.92. The third-order valence-electron chi connectivity index (χ3n) is 5.15. The van der Waals surface area contributed by atoms with Crippen LogP contribution in [-0.2, 0) is 13.6 Å². The van der Waals surface area contributed by atoms with Crippen LogP contribution in [0.15, 0.2) is 35.3 Å². The average molecular weight is 552 g/mol. The van der Waals surface area contributed by atoms with Gasteiger partial charge in [0.25, 0.3) is 0 Å². The Hall–Kier alpha value is -1.32. The van der Waals surface area contributed by atoms with Crippen LogP contribution in [0, 0.1) is 5.92 Å². The first-order chi connectivity index (χ1) is 13.5. The van der Waals surface area contributed by atoms with Gasteiger partial charge in [-0.15, -0.1) is 24.0 Å². The quantitative estimate of drug-likeness (QED) is 0.322. The van der Waals surface area contributed by atoms with Crippen LogP contribution in [0.3, 0.4) is 0 Å². The van der Waals surface area contributed by atoms with Crippen molar-refractivity contribution in [2.24, 2.45) is 18.0 Å². The van der Waals surface area contributed by atoms with Crippen molar-refractivity contribution in [3.8, 4) is 5.75 Å². The Balaban J connectivity index is 0.00000300. The van der Waals surface area contributed by atoms with E-state index in [0.29, 0.717) is 22.6 Å². The number of rotatable bonds is 6. The van der Waals surface area contributed by atoms with Crippen molar-refractivity contribution in [2.75, 3.05) is 38.7 Å². The standard InChI is InChI=1S/C20H27Cl2N5O.HI/c1-23-20(25-12-15-10-16(21)19(22)26(15)2)24-11-14-8-9-27(13-14)17-6-4-5-7-18(17)28-3;/h4-7,10,14H,8-9,11-13H2,1-3H3,(H2,23,24,25);1H. The van der Waals surface area contributed by atoms with Crippen LogP contribution in [0.2, 0.25) is 10.2 Å². The highest BCUT2D eigenvalue weighted by Crippen LogP contribution is 2.31. The van der Waals surface area contributed by atoms with Crippen LogP contribution in [-0.4, -0.2) is 44.3 Å². The van der Waals surface area contributed by atoms with Gasteiger partial charge >= 0.3 is 0 Å². The van der Waals surface area contributed by atoms with E-state index in [2.05, 4.69) is 32.7 Å². The lowest BCUT2D eigenvalue weighted by molar-refractivity contribution is 0.414. The number of benzene rings is 1. The minimum atomic E-state index is 0. The molecule has 1 unspecified atom stereocenters. The molecule has 0 aliphatic carbocycles. The second-order valence-electron chi connectivity index (χ2n) is 6.91. The van der Waals surface area contributed by atoms with E-state index >= 15 is 0 Å². The van der Waals surface area contributed by atoms with Crippen molar-refractivity contribution in [1.82, 2.24) is 15.2 Å². The number of methoxy groups -OCH3 is 1. The SMILES string of the molecule is CN=C(NCc1cc(Cl)c(Cl)n1C)NCC1CCN(c2ccccc2OC)C1.I. The van der Waals surface area contributed by atoms with Gasteiger partial charge in [-0.2, -0.15) is 0 Å². The Kier molecular flexibility index (Phi) is 9.23. The molecular formula is C20H28Cl2IN5O. The summed E-state index contributed by atoms with van der Waals surface area (Å²) in [6, 6.07) is 10.0. The number of aliphatic imine (C=N–C) groups is 1. The number of nitrogens with zero attached hydrogens (tertiary/aromatic N) is 3. The van der Waals surface area contributed by atoms with E-state index in [0.717, 1.165) is 49.1 Å². The summed E-state index contributed by atoms with van der Waals surface area (Å²) in [5.41, 5.74) is 2.16. The van der Waals surface area contributed by atoms with Crippen molar-refractivity contribution in [3.05, 3.63) is 46.2 Å². The van der Waals surface area contributed by atoms with Gasteiger partial charge in [-0.1, -0.05) is 35.3 Å². The van der Waals surface area contributed by atoms with Gasteiger partial charge in [0.1, 0.15) is 10.9 Å². The number of hydrogen-bond donors (Lipinski definition) is 2. The van der Waals surface area contributed by atoms with E-state index in [1.54, 1.807) is 14.2 Å². The molecule has 0 saturated carbocycles. The Morgan fingerprint density at radius 3 is 2.69 bits per heavy atom. The zero-order chi connectivity index (χ0) is 20.1. The zero-order valence-corrected chi connectivity index (χ0v) is 20.8. The molecule has 3 rings (SSSR count). The fraction of sp³-hybridized carbons (Fsp3) is 0.450. The molecule has 1 aromatic heterocycles. The van der Waals surface area contributed by atoms with Crippen LogP contribution >= 0.6 is 47.2 Å². The Bertz CT molecular complexity index is 842. The Morgan fingerprint density at radius 1 is 1.28 bits per heavy atom. The van der Waals surface area contributed by atoms with Gasteiger partial charge in [0.05, 0.1) is 24.4 Å². The van der Waals surface area contributed by atoms with Crippen molar-refractivity contribution >= 4 is 58.8 Å². The number of guanidine groups is 1. The highest BCUT2D eigenvalue weighted by molar-refractivity contribution is 14.0. The molecule has 2 N–H and O–H groups in total. The molecule has 0 spiro atoms. The third kappa shape index (κ3) is 5.86. The maximum absolute atomic E-state index is 6.12. The summed E-state index contributed by atoms with van der Waals surface area (Å²) < 4.78 is 7.36. The maximum atomic E-state index is 6.12. The smallest absolute Gasteiger partial charge is 0.191 e.